The van der Waals surface area contributed by atoms with Crippen LogP contribution in [0.15, 0.2) is 33.2 Å². The van der Waals surface area contributed by atoms with Gasteiger partial charge in [-0.25, -0.2) is 4.98 Å². The molecule has 0 aliphatic heterocycles. The number of hydrogen-bond acceptors (Lipinski definition) is 4. The molecule has 1 heterocycles. The van der Waals surface area contributed by atoms with E-state index >= 15 is 0 Å². The van der Waals surface area contributed by atoms with E-state index in [9.17, 15) is 4.79 Å². The van der Waals surface area contributed by atoms with Gasteiger partial charge in [0.25, 0.3) is 0 Å². The number of benzene rings is 1. The van der Waals surface area contributed by atoms with Crippen molar-refractivity contribution in [2.45, 2.75) is 39.2 Å². The number of nitrogens with zero attached hydrogens (tertiary/aromatic N) is 1. The van der Waals surface area contributed by atoms with Crippen LogP contribution in [0.5, 0.6) is 0 Å². The second-order valence-electron chi connectivity index (χ2n) is 5.64. The highest BCUT2D eigenvalue weighted by Gasteiger charge is 2.13. The van der Waals surface area contributed by atoms with Gasteiger partial charge in [-0.3, -0.25) is 4.79 Å². The standard InChI is InChI=1S/C17H22BrN3O2.2ClH/c1-11(19)9-10-20-15(22)7-8-16-21-12(2)17(23-16)13-3-5-14(18)6-4-13;;/h3-6,11H,7-10,19H2,1-2H3,(H,20,22);2*1H. The largest absolute Gasteiger partial charge is 0.440 e. The fourth-order valence-corrected chi connectivity index (χ4v) is 2.44. The van der Waals surface area contributed by atoms with Gasteiger partial charge in [-0.1, -0.05) is 28.1 Å². The van der Waals surface area contributed by atoms with Crippen molar-refractivity contribution in [3.05, 3.63) is 40.3 Å². The summed E-state index contributed by atoms with van der Waals surface area (Å²) in [6, 6.07) is 7.97. The Morgan fingerprint density at radius 1 is 1.32 bits per heavy atom. The lowest BCUT2D eigenvalue weighted by atomic mass is 10.1. The monoisotopic (exact) mass is 451 g/mol. The number of nitrogens with one attached hydrogen (secondary N) is 1. The summed E-state index contributed by atoms with van der Waals surface area (Å²) in [5, 5.41) is 2.85. The van der Waals surface area contributed by atoms with Crippen molar-refractivity contribution in [2.24, 2.45) is 5.73 Å². The van der Waals surface area contributed by atoms with Gasteiger partial charge in [0.1, 0.15) is 0 Å². The molecule has 2 rings (SSSR count). The number of oxazole rings is 1. The lowest BCUT2D eigenvalue weighted by Gasteiger charge is -2.06. The number of amides is 1. The molecule has 1 aromatic carbocycles. The van der Waals surface area contributed by atoms with E-state index in [1.807, 2.05) is 38.1 Å². The Balaban J connectivity index is 0.00000288. The van der Waals surface area contributed by atoms with Gasteiger partial charge < -0.3 is 15.5 Å². The van der Waals surface area contributed by atoms with E-state index in [4.69, 9.17) is 10.2 Å². The molecule has 0 aliphatic carbocycles. The van der Waals surface area contributed by atoms with Crippen LogP contribution in [0.2, 0.25) is 0 Å². The van der Waals surface area contributed by atoms with Crippen LogP contribution in [0.4, 0.5) is 0 Å². The normalized spacial score (nSPS) is 11.2. The molecule has 0 radical (unpaired) electrons. The second-order valence-corrected chi connectivity index (χ2v) is 6.56. The fraction of sp³-hybridized carbons (Fsp3) is 0.412. The number of carbonyl (C=O) groups is 1. The maximum atomic E-state index is 11.8. The molecule has 0 aliphatic rings. The first-order valence-corrected chi connectivity index (χ1v) is 8.49. The van der Waals surface area contributed by atoms with E-state index in [1.54, 1.807) is 0 Å². The third-order valence-corrected chi connectivity index (χ3v) is 3.96. The third-order valence-electron chi connectivity index (χ3n) is 3.44. The molecule has 0 fully saturated rings. The Hall–Kier alpha value is -1.08. The zero-order valence-electron chi connectivity index (χ0n) is 14.3. The molecule has 140 valence electrons. The van der Waals surface area contributed by atoms with Crippen molar-refractivity contribution in [1.82, 2.24) is 10.3 Å². The average Bonchev–Trinajstić information content (AvgIpc) is 2.87. The summed E-state index contributed by atoms with van der Waals surface area (Å²) in [7, 11) is 0. The minimum absolute atomic E-state index is 0. The Morgan fingerprint density at radius 3 is 2.56 bits per heavy atom. The van der Waals surface area contributed by atoms with Crippen LogP contribution in [0.3, 0.4) is 0 Å². The lowest BCUT2D eigenvalue weighted by molar-refractivity contribution is -0.121. The van der Waals surface area contributed by atoms with Gasteiger partial charge in [-0.2, -0.15) is 0 Å². The quantitative estimate of drug-likeness (QED) is 0.664. The Morgan fingerprint density at radius 2 is 1.96 bits per heavy atom. The van der Waals surface area contributed by atoms with E-state index < -0.39 is 0 Å². The summed E-state index contributed by atoms with van der Waals surface area (Å²) < 4.78 is 6.82. The summed E-state index contributed by atoms with van der Waals surface area (Å²) in [6.45, 7) is 4.43. The molecule has 0 saturated heterocycles. The van der Waals surface area contributed by atoms with E-state index in [0.717, 1.165) is 27.9 Å². The molecule has 1 atom stereocenters. The SMILES string of the molecule is Cc1nc(CCC(=O)NCCC(C)N)oc1-c1ccc(Br)cc1.Cl.Cl. The van der Waals surface area contributed by atoms with Crippen LogP contribution < -0.4 is 11.1 Å². The zero-order valence-corrected chi connectivity index (χ0v) is 17.5. The van der Waals surface area contributed by atoms with Crippen molar-refractivity contribution in [3.8, 4) is 11.3 Å². The van der Waals surface area contributed by atoms with Gasteiger partial charge in [0.05, 0.1) is 5.69 Å². The third kappa shape index (κ3) is 7.77. The molecule has 1 aromatic heterocycles. The molecule has 0 spiro atoms. The van der Waals surface area contributed by atoms with Crippen LogP contribution in [0.25, 0.3) is 11.3 Å². The predicted octanol–water partition coefficient (Wildman–Crippen LogP) is 4.04. The Labute approximate surface area is 169 Å². The van der Waals surface area contributed by atoms with E-state index in [2.05, 4.69) is 26.2 Å². The van der Waals surface area contributed by atoms with Gasteiger partial charge >= 0.3 is 0 Å². The van der Waals surface area contributed by atoms with Gasteiger partial charge in [0.2, 0.25) is 5.91 Å². The molecule has 25 heavy (non-hydrogen) atoms. The number of aryl methyl sites for hydroxylation is 2. The van der Waals surface area contributed by atoms with Gasteiger partial charge in [-0.15, -0.1) is 24.8 Å². The van der Waals surface area contributed by atoms with Crippen molar-refractivity contribution in [3.63, 3.8) is 0 Å². The van der Waals surface area contributed by atoms with Crippen molar-refractivity contribution in [1.29, 1.82) is 0 Å². The van der Waals surface area contributed by atoms with Crippen LogP contribution in [-0.2, 0) is 11.2 Å². The van der Waals surface area contributed by atoms with Crippen LogP contribution in [-0.4, -0.2) is 23.5 Å². The molecule has 0 bridgehead atoms. The highest BCUT2D eigenvalue weighted by molar-refractivity contribution is 9.10. The first-order chi connectivity index (χ1) is 11.0. The minimum atomic E-state index is -0.00769. The molecule has 3 N–H and O–H groups in total. The summed E-state index contributed by atoms with van der Waals surface area (Å²) in [6.07, 6.45) is 1.62. The summed E-state index contributed by atoms with van der Waals surface area (Å²) in [5.41, 5.74) is 7.46. The second kappa shape index (κ2) is 11.5. The summed E-state index contributed by atoms with van der Waals surface area (Å²) >= 11 is 3.41. The van der Waals surface area contributed by atoms with E-state index in [1.165, 1.54) is 0 Å². The summed E-state index contributed by atoms with van der Waals surface area (Å²) in [5.74, 6) is 1.33. The Kier molecular flexibility index (Phi) is 11.0. The van der Waals surface area contributed by atoms with Crippen molar-refractivity contribution in [2.75, 3.05) is 6.54 Å². The number of aromatic nitrogens is 1. The highest BCUT2D eigenvalue weighted by atomic mass is 79.9. The molecule has 1 unspecified atom stereocenters. The molecular formula is C17H24BrCl2N3O2. The molecule has 5 nitrogen and oxygen atoms in total. The molecule has 1 amide bonds. The highest BCUT2D eigenvalue weighted by Crippen LogP contribution is 2.26. The van der Waals surface area contributed by atoms with E-state index in [0.29, 0.717) is 25.3 Å². The van der Waals surface area contributed by atoms with Gasteiger partial charge in [0, 0.05) is 35.5 Å². The number of nitrogens with two attached hydrogens (primary N) is 1. The fourth-order valence-electron chi connectivity index (χ4n) is 2.18. The first kappa shape index (κ1) is 23.9. The number of rotatable bonds is 7. The van der Waals surface area contributed by atoms with Crippen LogP contribution in [0, 0.1) is 6.92 Å². The topological polar surface area (TPSA) is 81.2 Å². The lowest BCUT2D eigenvalue weighted by Crippen LogP contribution is -2.29. The van der Waals surface area contributed by atoms with Gasteiger partial charge in [-0.05, 0) is 32.4 Å². The van der Waals surface area contributed by atoms with Crippen LogP contribution >= 0.6 is 40.7 Å². The number of hydrogen-bond donors (Lipinski definition) is 2. The van der Waals surface area contributed by atoms with Crippen molar-refractivity contribution < 1.29 is 9.21 Å². The number of carbonyl (C=O) groups excluding carboxylic acids is 1. The smallest absolute Gasteiger partial charge is 0.220 e. The van der Waals surface area contributed by atoms with Crippen molar-refractivity contribution >= 4 is 46.7 Å². The van der Waals surface area contributed by atoms with Crippen LogP contribution in [0.1, 0.15) is 31.4 Å². The minimum Gasteiger partial charge on any atom is -0.440 e. The van der Waals surface area contributed by atoms with E-state index in [-0.39, 0.29) is 36.8 Å². The molecular weight excluding hydrogens is 429 g/mol. The maximum Gasteiger partial charge on any atom is 0.220 e. The maximum absolute atomic E-state index is 11.8. The molecule has 2 aromatic rings. The summed E-state index contributed by atoms with van der Waals surface area (Å²) in [4.78, 5) is 16.2. The predicted molar refractivity (Wildman–Crippen MR) is 108 cm³/mol. The zero-order chi connectivity index (χ0) is 16.8. The Bertz CT molecular complexity index is 660. The first-order valence-electron chi connectivity index (χ1n) is 7.70. The molecule has 8 heteroatoms. The average molecular weight is 453 g/mol. The van der Waals surface area contributed by atoms with Gasteiger partial charge in [0.15, 0.2) is 11.7 Å². The number of halogens is 3. The molecule has 0 saturated carbocycles.